The van der Waals surface area contributed by atoms with Crippen molar-refractivity contribution in [3.05, 3.63) is 12.7 Å². The smallest absolute Gasteiger partial charge is 0.00640 e. The molecule has 0 aromatic heterocycles. The van der Waals surface area contributed by atoms with Crippen molar-refractivity contribution in [1.29, 1.82) is 0 Å². The Morgan fingerprint density at radius 2 is 1.24 bits per heavy atom. The molecule has 0 saturated heterocycles. The third kappa shape index (κ3) is 15.9. The zero-order valence-corrected chi connectivity index (χ0v) is 15.0. The molecule has 0 aromatic carbocycles. The number of hydrogen-bond donors (Lipinski definition) is 1. The largest absolute Gasteiger partial charge is 0.317 e. The number of unbranched alkanes of at least 4 members (excludes halogenated alkanes) is 11. The molecule has 0 radical (unpaired) electrons. The second-order valence-corrected chi connectivity index (χ2v) is 6.53. The van der Waals surface area contributed by atoms with Gasteiger partial charge < -0.3 is 5.32 Å². The zero-order valence-electron chi connectivity index (χ0n) is 15.0. The topological polar surface area (TPSA) is 12.0 Å². The molecule has 126 valence electrons. The lowest BCUT2D eigenvalue weighted by Gasteiger charge is -2.15. The molecule has 21 heavy (non-hydrogen) atoms. The van der Waals surface area contributed by atoms with Crippen LogP contribution < -0.4 is 5.32 Å². The van der Waals surface area contributed by atoms with Gasteiger partial charge in [0.25, 0.3) is 0 Å². The standard InChI is InChI=1S/C20H41N/c1-4-6-8-10-11-12-13-15-17-19-20(21-3)18-16-14-9-7-5-2/h5,20-21H,2,4,6-19H2,1,3H3. The summed E-state index contributed by atoms with van der Waals surface area (Å²) in [5.74, 6) is 0. The van der Waals surface area contributed by atoms with Gasteiger partial charge in [-0.1, -0.05) is 83.6 Å². The van der Waals surface area contributed by atoms with E-state index in [1.807, 2.05) is 6.08 Å². The summed E-state index contributed by atoms with van der Waals surface area (Å²) in [5.41, 5.74) is 0. The Kier molecular flexibility index (Phi) is 17.5. The van der Waals surface area contributed by atoms with Gasteiger partial charge >= 0.3 is 0 Å². The monoisotopic (exact) mass is 295 g/mol. The van der Waals surface area contributed by atoms with Gasteiger partial charge in [0.15, 0.2) is 0 Å². The number of hydrogen-bond acceptors (Lipinski definition) is 1. The van der Waals surface area contributed by atoms with Gasteiger partial charge in [-0.2, -0.15) is 0 Å². The molecule has 0 aromatic rings. The fourth-order valence-corrected chi connectivity index (χ4v) is 2.99. The molecule has 1 atom stereocenters. The van der Waals surface area contributed by atoms with Crippen molar-refractivity contribution >= 4 is 0 Å². The highest BCUT2D eigenvalue weighted by molar-refractivity contribution is 4.68. The van der Waals surface area contributed by atoms with Crippen molar-refractivity contribution in [3.8, 4) is 0 Å². The van der Waals surface area contributed by atoms with Gasteiger partial charge in [-0.05, 0) is 32.7 Å². The van der Waals surface area contributed by atoms with Crippen LogP contribution in [0.15, 0.2) is 12.7 Å². The van der Waals surface area contributed by atoms with E-state index in [-0.39, 0.29) is 0 Å². The van der Waals surface area contributed by atoms with Crippen LogP contribution in [0, 0.1) is 0 Å². The summed E-state index contributed by atoms with van der Waals surface area (Å²) in [4.78, 5) is 0. The van der Waals surface area contributed by atoms with Crippen molar-refractivity contribution in [2.45, 2.75) is 109 Å². The molecule has 0 rings (SSSR count). The molecule has 0 aliphatic heterocycles. The van der Waals surface area contributed by atoms with Gasteiger partial charge in [0.05, 0.1) is 0 Å². The van der Waals surface area contributed by atoms with Crippen LogP contribution in [0.4, 0.5) is 0 Å². The quantitative estimate of drug-likeness (QED) is 0.234. The van der Waals surface area contributed by atoms with Gasteiger partial charge in [0.1, 0.15) is 0 Å². The van der Waals surface area contributed by atoms with Gasteiger partial charge in [0, 0.05) is 6.04 Å². The molecule has 0 heterocycles. The van der Waals surface area contributed by atoms with E-state index in [2.05, 4.69) is 25.9 Å². The molecule has 0 aliphatic carbocycles. The molecule has 0 fully saturated rings. The highest BCUT2D eigenvalue weighted by Gasteiger charge is 2.05. The Morgan fingerprint density at radius 1 is 0.762 bits per heavy atom. The Labute approximate surface area is 135 Å². The summed E-state index contributed by atoms with van der Waals surface area (Å²) in [6.07, 6.45) is 22.9. The van der Waals surface area contributed by atoms with Crippen LogP contribution in [0.3, 0.4) is 0 Å². The van der Waals surface area contributed by atoms with E-state index >= 15 is 0 Å². The minimum Gasteiger partial charge on any atom is -0.317 e. The molecule has 1 N–H and O–H groups in total. The van der Waals surface area contributed by atoms with Gasteiger partial charge in [-0.15, -0.1) is 6.58 Å². The molecule has 0 amide bonds. The summed E-state index contributed by atoms with van der Waals surface area (Å²) >= 11 is 0. The Balaban J connectivity index is 3.28. The predicted octanol–water partition coefficient (Wildman–Crippen LogP) is 6.63. The number of nitrogens with one attached hydrogen (secondary N) is 1. The lowest BCUT2D eigenvalue weighted by Crippen LogP contribution is -2.24. The molecule has 1 nitrogen and oxygen atoms in total. The maximum absolute atomic E-state index is 3.78. The summed E-state index contributed by atoms with van der Waals surface area (Å²) in [6, 6.07) is 0.748. The van der Waals surface area contributed by atoms with E-state index in [0.717, 1.165) is 6.04 Å². The Bertz CT molecular complexity index is 200. The van der Waals surface area contributed by atoms with Crippen molar-refractivity contribution in [2.24, 2.45) is 0 Å². The fraction of sp³-hybridized carbons (Fsp3) is 0.900. The van der Waals surface area contributed by atoms with Crippen LogP contribution in [-0.2, 0) is 0 Å². The van der Waals surface area contributed by atoms with E-state index in [1.165, 1.54) is 96.3 Å². The van der Waals surface area contributed by atoms with E-state index in [9.17, 15) is 0 Å². The average Bonchev–Trinajstić information content (AvgIpc) is 2.51. The maximum atomic E-state index is 3.78. The summed E-state index contributed by atoms with van der Waals surface area (Å²) in [6.45, 7) is 6.07. The van der Waals surface area contributed by atoms with E-state index < -0.39 is 0 Å². The van der Waals surface area contributed by atoms with Crippen molar-refractivity contribution in [3.63, 3.8) is 0 Å². The minimum absolute atomic E-state index is 0.748. The van der Waals surface area contributed by atoms with Crippen LogP contribution in [0.2, 0.25) is 0 Å². The van der Waals surface area contributed by atoms with E-state index in [4.69, 9.17) is 0 Å². The molecule has 1 heteroatoms. The number of rotatable bonds is 17. The lowest BCUT2D eigenvalue weighted by atomic mass is 10.0. The third-order valence-electron chi connectivity index (χ3n) is 4.53. The number of allylic oxidation sites excluding steroid dienone is 1. The third-order valence-corrected chi connectivity index (χ3v) is 4.53. The average molecular weight is 296 g/mol. The fourth-order valence-electron chi connectivity index (χ4n) is 2.99. The van der Waals surface area contributed by atoms with Crippen LogP contribution in [-0.4, -0.2) is 13.1 Å². The Morgan fingerprint density at radius 3 is 1.71 bits per heavy atom. The molecular weight excluding hydrogens is 254 g/mol. The Hall–Kier alpha value is -0.300. The molecule has 0 saturated carbocycles. The molecule has 1 unspecified atom stereocenters. The minimum atomic E-state index is 0.748. The highest BCUT2D eigenvalue weighted by Crippen LogP contribution is 2.14. The van der Waals surface area contributed by atoms with Crippen LogP contribution >= 0.6 is 0 Å². The van der Waals surface area contributed by atoms with Crippen molar-refractivity contribution in [1.82, 2.24) is 5.32 Å². The molecule has 0 aliphatic rings. The second kappa shape index (κ2) is 17.8. The first-order chi connectivity index (χ1) is 10.3. The molecule has 0 bridgehead atoms. The van der Waals surface area contributed by atoms with Crippen LogP contribution in [0.1, 0.15) is 103 Å². The predicted molar refractivity (Wildman–Crippen MR) is 98.0 cm³/mol. The normalized spacial score (nSPS) is 12.5. The van der Waals surface area contributed by atoms with Crippen molar-refractivity contribution < 1.29 is 0 Å². The van der Waals surface area contributed by atoms with E-state index in [0.29, 0.717) is 0 Å². The maximum Gasteiger partial charge on any atom is 0.00640 e. The molecular formula is C20H41N. The lowest BCUT2D eigenvalue weighted by molar-refractivity contribution is 0.438. The SMILES string of the molecule is C=CCCCCCC(CCCCCCCCCCC)NC. The van der Waals surface area contributed by atoms with Crippen LogP contribution in [0.5, 0.6) is 0 Å². The van der Waals surface area contributed by atoms with Gasteiger partial charge in [0.2, 0.25) is 0 Å². The zero-order chi connectivity index (χ0) is 15.6. The van der Waals surface area contributed by atoms with Crippen LogP contribution in [0.25, 0.3) is 0 Å². The first-order valence-corrected chi connectivity index (χ1v) is 9.63. The summed E-state index contributed by atoms with van der Waals surface area (Å²) < 4.78 is 0. The van der Waals surface area contributed by atoms with E-state index in [1.54, 1.807) is 0 Å². The first-order valence-electron chi connectivity index (χ1n) is 9.63. The highest BCUT2D eigenvalue weighted by atomic mass is 14.9. The summed E-state index contributed by atoms with van der Waals surface area (Å²) in [7, 11) is 2.13. The van der Waals surface area contributed by atoms with Gasteiger partial charge in [-0.3, -0.25) is 0 Å². The first kappa shape index (κ1) is 20.7. The van der Waals surface area contributed by atoms with Gasteiger partial charge in [-0.25, -0.2) is 0 Å². The molecule has 0 spiro atoms. The summed E-state index contributed by atoms with van der Waals surface area (Å²) in [5, 5.41) is 3.50. The van der Waals surface area contributed by atoms with Crippen molar-refractivity contribution in [2.75, 3.05) is 7.05 Å². The second-order valence-electron chi connectivity index (χ2n) is 6.53.